The predicted molar refractivity (Wildman–Crippen MR) is 68.6 cm³/mol. The van der Waals surface area contributed by atoms with Crippen molar-refractivity contribution in [2.24, 2.45) is 5.41 Å². The lowest BCUT2D eigenvalue weighted by molar-refractivity contribution is 0.232. The Kier molecular flexibility index (Phi) is 3.17. The molecule has 88 valence electrons. The van der Waals surface area contributed by atoms with E-state index in [0.717, 1.165) is 5.69 Å². The van der Waals surface area contributed by atoms with Gasteiger partial charge in [-0.25, -0.2) is 0 Å². The summed E-state index contributed by atoms with van der Waals surface area (Å²) in [5.41, 5.74) is 2.85. The monoisotopic (exact) mass is 218 g/mol. The van der Waals surface area contributed by atoms with Crippen LogP contribution in [0.4, 0.5) is 5.69 Å². The van der Waals surface area contributed by atoms with Gasteiger partial charge in [0.25, 0.3) is 0 Å². The van der Waals surface area contributed by atoms with E-state index < -0.39 is 0 Å². The van der Waals surface area contributed by atoms with Gasteiger partial charge in [0.15, 0.2) is 0 Å². The lowest BCUT2D eigenvalue weighted by atomic mass is 9.75. The molecule has 1 aromatic heterocycles. The van der Waals surface area contributed by atoms with Crippen LogP contribution in [0.3, 0.4) is 0 Å². The second kappa shape index (κ2) is 4.44. The van der Waals surface area contributed by atoms with Gasteiger partial charge < -0.3 is 5.32 Å². The highest BCUT2D eigenvalue weighted by Crippen LogP contribution is 2.36. The minimum absolute atomic E-state index is 0.544. The molecule has 0 aliphatic heterocycles. The molecular weight excluding hydrogens is 196 g/mol. The summed E-state index contributed by atoms with van der Waals surface area (Å²) in [6, 6.07) is 4.76. The third-order valence-corrected chi connectivity index (χ3v) is 3.71. The Hall–Kier alpha value is -1.05. The third-order valence-electron chi connectivity index (χ3n) is 3.71. The first kappa shape index (κ1) is 11.4. The maximum Gasteiger partial charge on any atom is 0.0603 e. The number of nitrogens with one attached hydrogen (secondary N) is 1. The number of pyridine rings is 1. The van der Waals surface area contributed by atoms with Gasteiger partial charge in [0.2, 0.25) is 0 Å². The first-order valence-corrected chi connectivity index (χ1v) is 6.25. The number of nitrogens with zero attached hydrogens (tertiary/aromatic N) is 1. The van der Waals surface area contributed by atoms with E-state index in [1.807, 2.05) is 12.3 Å². The lowest BCUT2D eigenvalue weighted by Crippen LogP contribution is -2.30. The molecule has 0 aromatic carbocycles. The Balaban J connectivity index is 1.95. The Morgan fingerprint density at radius 1 is 1.31 bits per heavy atom. The van der Waals surface area contributed by atoms with Crippen LogP contribution in [0.2, 0.25) is 0 Å². The summed E-state index contributed by atoms with van der Waals surface area (Å²) in [6.07, 6.45) is 7.06. The molecule has 0 unspecified atom stereocenters. The number of aromatic nitrogens is 1. The van der Waals surface area contributed by atoms with Crippen molar-refractivity contribution in [1.82, 2.24) is 4.98 Å². The zero-order chi connectivity index (χ0) is 11.6. The van der Waals surface area contributed by atoms with Crippen LogP contribution in [-0.4, -0.2) is 11.0 Å². The van der Waals surface area contributed by atoms with Gasteiger partial charge in [-0.3, -0.25) is 4.98 Å². The van der Waals surface area contributed by atoms with E-state index in [2.05, 4.69) is 37.1 Å². The van der Waals surface area contributed by atoms with Crippen LogP contribution in [0.5, 0.6) is 0 Å². The minimum atomic E-state index is 0.544. The van der Waals surface area contributed by atoms with Crippen LogP contribution >= 0.6 is 0 Å². The molecule has 2 heteroatoms. The van der Waals surface area contributed by atoms with Crippen molar-refractivity contribution in [3.63, 3.8) is 0 Å². The van der Waals surface area contributed by atoms with E-state index in [1.165, 1.54) is 31.4 Å². The molecule has 0 saturated heterocycles. The smallest absolute Gasteiger partial charge is 0.0603 e. The summed E-state index contributed by atoms with van der Waals surface area (Å²) in [7, 11) is 0. The molecule has 0 atom stereocenters. The maximum atomic E-state index is 4.31. The molecule has 2 rings (SSSR count). The van der Waals surface area contributed by atoms with Gasteiger partial charge in [-0.05, 0) is 50.2 Å². The molecule has 1 fully saturated rings. The zero-order valence-electron chi connectivity index (χ0n) is 10.6. The third kappa shape index (κ3) is 2.75. The van der Waals surface area contributed by atoms with Gasteiger partial charge >= 0.3 is 0 Å². The highest BCUT2D eigenvalue weighted by Gasteiger charge is 2.26. The van der Waals surface area contributed by atoms with Crippen LogP contribution in [0, 0.1) is 12.3 Å². The highest BCUT2D eigenvalue weighted by molar-refractivity contribution is 5.47. The van der Waals surface area contributed by atoms with Crippen LogP contribution < -0.4 is 5.32 Å². The Labute approximate surface area is 98.5 Å². The van der Waals surface area contributed by atoms with Crippen LogP contribution in [-0.2, 0) is 0 Å². The normalized spacial score (nSPS) is 20.7. The molecule has 0 radical (unpaired) electrons. The second-order valence-electron chi connectivity index (χ2n) is 5.72. The fraction of sp³-hybridized carbons (Fsp3) is 0.643. The summed E-state index contributed by atoms with van der Waals surface area (Å²) in [6.45, 7) is 6.81. The number of anilines is 1. The van der Waals surface area contributed by atoms with Gasteiger partial charge in [-0.1, -0.05) is 13.8 Å². The van der Waals surface area contributed by atoms with E-state index in [4.69, 9.17) is 0 Å². The van der Waals surface area contributed by atoms with Crippen molar-refractivity contribution >= 4 is 5.69 Å². The van der Waals surface area contributed by atoms with Crippen molar-refractivity contribution < 1.29 is 0 Å². The molecule has 1 saturated carbocycles. The standard InChI is InChI=1S/C14H22N2/c1-11-13(5-4-10-15-11)16-12-6-8-14(2,3)9-7-12/h4-5,10,12,16H,6-9H2,1-3H3. The van der Waals surface area contributed by atoms with Crippen molar-refractivity contribution in [3.05, 3.63) is 24.0 Å². The lowest BCUT2D eigenvalue weighted by Gasteiger charge is -2.35. The number of aryl methyl sites for hydroxylation is 1. The van der Waals surface area contributed by atoms with Gasteiger partial charge in [0.1, 0.15) is 0 Å². The van der Waals surface area contributed by atoms with E-state index >= 15 is 0 Å². The molecule has 1 heterocycles. The quantitative estimate of drug-likeness (QED) is 0.817. The number of rotatable bonds is 2. The minimum Gasteiger partial charge on any atom is -0.381 e. The van der Waals surface area contributed by atoms with Crippen molar-refractivity contribution in [3.8, 4) is 0 Å². The molecule has 1 aliphatic carbocycles. The number of hydrogen-bond donors (Lipinski definition) is 1. The highest BCUT2D eigenvalue weighted by atomic mass is 14.9. The van der Waals surface area contributed by atoms with Crippen molar-refractivity contribution in [1.29, 1.82) is 0 Å². The topological polar surface area (TPSA) is 24.9 Å². The van der Waals surface area contributed by atoms with E-state index in [0.29, 0.717) is 11.5 Å². The molecule has 1 N–H and O–H groups in total. The summed E-state index contributed by atoms with van der Waals surface area (Å²) in [5.74, 6) is 0. The molecule has 1 aromatic rings. The van der Waals surface area contributed by atoms with E-state index in [-0.39, 0.29) is 0 Å². The Bertz CT molecular complexity index is 348. The molecule has 0 spiro atoms. The van der Waals surface area contributed by atoms with Crippen LogP contribution in [0.1, 0.15) is 45.2 Å². The van der Waals surface area contributed by atoms with Crippen molar-refractivity contribution in [2.75, 3.05) is 5.32 Å². The number of hydrogen-bond acceptors (Lipinski definition) is 2. The largest absolute Gasteiger partial charge is 0.381 e. The fourth-order valence-corrected chi connectivity index (χ4v) is 2.40. The SMILES string of the molecule is Cc1ncccc1NC1CCC(C)(C)CC1. The van der Waals surface area contributed by atoms with E-state index in [1.54, 1.807) is 0 Å². The first-order chi connectivity index (χ1) is 7.57. The Morgan fingerprint density at radius 2 is 2.00 bits per heavy atom. The van der Waals surface area contributed by atoms with Crippen LogP contribution in [0.25, 0.3) is 0 Å². The zero-order valence-corrected chi connectivity index (χ0v) is 10.6. The van der Waals surface area contributed by atoms with Gasteiger partial charge in [-0.15, -0.1) is 0 Å². The van der Waals surface area contributed by atoms with Crippen molar-refractivity contribution in [2.45, 2.75) is 52.5 Å². The summed E-state index contributed by atoms with van der Waals surface area (Å²) >= 11 is 0. The maximum absolute atomic E-state index is 4.31. The molecule has 0 bridgehead atoms. The predicted octanol–water partition coefficient (Wildman–Crippen LogP) is 3.77. The van der Waals surface area contributed by atoms with Gasteiger partial charge in [0, 0.05) is 12.2 Å². The Morgan fingerprint density at radius 3 is 2.62 bits per heavy atom. The average Bonchev–Trinajstić information content (AvgIpc) is 2.24. The molecule has 0 amide bonds. The summed E-state index contributed by atoms with van der Waals surface area (Å²) < 4.78 is 0. The van der Waals surface area contributed by atoms with E-state index in [9.17, 15) is 0 Å². The van der Waals surface area contributed by atoms with Gasteiger partial charge in [-0.2, -0.15) is 0 Å². The summed E-state index contributed by atoms with van der Waals surface area (Å²) in [4.78, 5) is 4.31. The molecule has 16 heavy (non-hydrogen) atoms. The first-order valence-electron chi connectivity index (χ1n) is 6.25. The molecular formula is C14H22N2. The van der Waals surface area contributed by atoms with Gasteiger partial charge in [0.05, 0.1) is 11.4 Å². The second-order valence-corrected chi connectivity index (χ2v) is 5.72. The molecule has 2 nitrogen and oxygen atoms in total. The average molecular weight is 218 g/mol. The fourth-order valence-electron chi connectivity index (χ4n) is 2.40. The molecule has 1 aliphatic rings. The van der Waals surface area contributed by atoms with Crippen LogP contribution in [0.15, 0.2) is 18.3 Å². The summed E-state index contributed by atoms with van der Waals surface area (Å²) in [5, 5.41) is 3.62.